The van der Waals surface area contributed by atoms with Crippen LogP contribution in [0.2, 0.25) is 0 Å². The van der Waals surface area contributed by atoms with Crippen molar-refractivity contribution < 1.29 is 13.3 Å². The van der Waals surface area contributed by atoms with Crippen LogP contribution in [0, 0.1) is 0 Å². The van der Waals surface area contributed by atoms with Crippen molar-refractivity contribution in [2.24, 2.45) is 0 Å². The minimum atomic E-state index is 0.594. The molecular weight excluding hydrogens is 625 g/mol. The van der Waals surface area contributed by atoms with E-state index >= 15 is 0 Å². The van der Waals surface area contributed by atoms with Crippen LogP contribution >= 0.6 is 11.3 Å². The number of thiophene rings is 1. The van der Waals surface area contributed by atoms with Gasteiger partial charge < -0.3 is 18.2 Å². The van der Waals surface area contributed by atoms with E-state index in [1.54, 1.807) is 0 Å². The average Bonchev–Trinajstić information content (AvgIpc) is 3.91. The lowest BCUT2D eigenvalue weighted by Crippen LogP contribution is -2.09. The molecule has 0 spiro atoms. The van der Waals surface area contributed by atoms with Crippen molar-refractivity contribution in [1.82, 2.24) is 4.98 Å². The van der Waals surface area contributed by atoms with Crippen LogP contribution in [0.4, 0.5) is 17.1 Å². The Kier molecular flexibility index (Phi) is 5.48. The molecule has 6 heteroatoms. The number of nitrogens with zero attached hydrogens (tertiary/aromatic N) is 2. The summed E-state index contributed by atoms with van der Waals surface area (Å²) in [4.78, 5) is 7.14. The van der Waals surface area contributed by atoms with Gasteiger partial charge in [-0.15, -0.1) is 11.3 Å². The smallest absolute Gasteiger partial charge is 0.227 e. The molecule has 0 aliphatic rings. The molecule has 0 aliphatic carbocycles. The van der Waals surface area contributed by atoms with Crippen LogP contribution in [0.15, 0.2) is 159 Å². The highest BCUT2D eigenvalue weighted by Gasteiger charge is 2.20. The Morgan fingerprint density at radius 1 is 0.408 bits per heavy atom. The molecule has 4 aromatic heterocycles. The minimum absolute atomic E-state index is 0.594. The molecule has 49 heavy (non-hydrogen) atoms. The third-order valence-corrected chi connectivity index (χ3v) is 10.6. The number of anilines is 3. The summed E-state index contributed by atoms with van der Waals surface area (Å²) in [5.74, 6) is 0.594. The van der Waals surface area contributed by atoms with Gasteiger partial charge in [-0.2, -0.15) is 0 Å². The van der Waals surface area contributed by atoms with Crippen molar-refractivity contribution in [1.29, 1.82) is 0 Å². The average molecular weight is 649 g/mol. The molecule has 0 radical (unpaired) electrons. The van der Waals surface area contributed by atoms with Crippen LogP contribution in [0.1, 0.15) is 0 Å². The number of rotatable bonds is 4. The summed E-state index contributed by atoms with van der Waals surface area (Å²) in [5, 5.41) is 6.76. The van der Waals surface area contributed by atoms with Gasteiger partial charge in [-0.05, 0) is 72.8 Å². The van der Waals surface area contributed by atoms with Crippen molar-refractivity contribution in [3.63, 3.8) is 0 Å². The van der Waals surface area contributed by atoms with Gasteiger partial charge in [-0.3, -0.25) is 0 Å². The molecule has 0 unspecified atom stereocenters. The lowest BCUT2D eigenvalue weighted by molar-refractivity contribution is 0.617. The lowest BCUT2D eigenvalue weighted by Gasteiger charge is -2.25. The second-order valence-corrected chi connectivity index (χ2v) is 13.5. The number of hydrogen-bond donors (Lipinski definition) is 0. The molecule has 5 nitrogen and oxygen atoms in total. The number of furan rings is 2. The molecule has 7 aromatic carbocycles. The van der Waals surface area contributed by atoms with E-state index in [-0.39, 0.29) is 0 Å². The Bertz CT molecular complexity index is 2960. The van der Waals surface area contributed by atoms with E-state index in [2.05, 4.69) is 102 Å². The van der Waals surface area contributed by atoms with Crippen LogP contribution in [0.3, 0.4) is 0 Å². The van der Waals surface area contributed by atoms with Gasteiger partial charge in [0.1, 0.15) is 27.8 Å². The third-order valence-electron chi connectivity index (χ3n) is 9.48. The van der Waals surface area contributed by atoms with E-state index in [0.717, 1.165) is 72.0 Å². The van der Waals surface area contributed by atoms with Crippen LogP contribution in [0.25, 0.3) is 86.6 Å². The first-order valence-electron chi connectivity index (χ1n) is 16.2. The second-order valence-electron chi connectivity index (χ2n) is 12.4. The van der Waals surface area contributed by atoms with E-state index in [4.69, 9.17) is 18.2 Å². The summed E-state index contributed by atoms with van der Waals surface area (Å²) in [6.07, 6.45) is 0. The van der Waals surface area contributed by atoms with Crippen molar-refractivity contribution >= 4 is 104 Å². The van der Waals surface area contributed by atoms with Gasteiger partial charge in [0.05, 0.1) is 0 Å². The lowest BCUT2D eigenvalue weighted by atomic mass is 10.1. The minimum Gasteiger partial charge on any atom is -0.456 e. The van der Waals surface area contributed by atoms with Gasteiger partial charge in [0, 0.05) is 76.5 Å². The number of para-hydroxylation sites is 1. The fraction of sp³-hybridized carbons (Fsp3) is 0. The molecule has 0 saturated carbocycles. The Morgan fingerprint density at radius 2 is 1.04 bits per heavy atom. The van der Waals surface area contributed by atoms with Crippen LogP contribution in [0.5, 0.6) is 0 Å². The standard InChI is InChI=1S/C43H24N2O3S/c1-2-8-25(9-3-1)43-44-35-23-34-33-20-26(16-19-37(33)47-39(34)24-40(35)48-43)45(27-14-17-30-29-10-4-6-12-36(29)46-38(30)21-27)28-15-18-32-31-11-5-7-13-41(31)49-42(32)22-28/h1-24H. The van der Waals surface area contributed by atoms with E-state index in [0.29, 0.717) is 11.5 Å². The van der Waals surface area contributed by atoms with Gasteiger partial charge in [0.25, 0.3) is 0 Å². The maximum atomic E-state index is 6.38. The Balaban J connectivity index is 1.12. The van der Waals surface area contributed by atoms with Crippen molar-refractivity contribution in [2.75, 3.05) is 4.90 Å². The Labute approximate surface area is 282 Å². The highest BCUT2D eigenvalue weighted by molar-refractivity contribution is 7.25. The molecule has 230 valence electrons. The summed E-state index contributed by atoms with van der Waals surface area (Å²) >= 11 is 1.82. The van der Waals surface area contributed by atoms with Crippen LogP contribution in [-0.4, -0.2) is 4.98 Å². The normalized spacial score (nSPS) is 12.1. The summed E-state index contributed by atoms with van der Waals surface area (Å²) in [7, 11) is 0. The number of hydrogen-bond acceptors (Lipinski definition) is 6. The van der Waals surface area contributed by atoms with E-state index < -0.39 is 0 Å². The highest BCUT2D eigenvalue weighted by atomic mass is 32.1. The monoisotopic (exact) mass is 648 g/mol. The molecule has 4 heterocycles. The van der Waals surface area contributed by atoms with Gasteiger partial charge in [-0.1, -0.05) is 60.7 Å². The number of fused-ring (bicyclic) bond motifs is 10. The molecule has 0 aliphatic heterocycles. The number of aromatic nitrogens is 1. The maximum absolute atomic E-state index is 6.38. The fourth-order valence-electron chi connectivity index (χ4n) is 7.18. The quantitative estimate of drug-likeness (QED) is 0.190. The summed E-state index contributed by atoms with van der Waals surface area (Å²) < 4.78 is 21.4. The first kappa shape index (κ1) is 26.7. The van der Waals surface area contributed by atoms with Crippen molar-refractivity contribution in [3.05, 3.63) is 146 Å². The molecular formula is C43H24N2O3S. The second kappa shape index (κ2) is 10.1. The molecule has 0 amide bonds. The van der Waals surface area contributed by atoms with E-state index in [1.165, 1.54) is 20.2 Å². The molecule has 0 saturated heterocycles. The van der Waals surface area contributed by atoms with Gasteiger partial charge in [0.2, 0.25) is 5.89 Å². The topological polar surface area (TPSA) is 55.6 Å². The first-order chi connectivity index (χ1) is 24.2. The first-order valence-corrected chi connectivity index (χ1v) is 17.0. The molecule has 0 fully saturated rings. The van der Waals surface area contributed by atoms with Crippen LogP contribution in [-0.2, 0) is 0 Å². The SMILES string of the molecule is c1ccc(-c2nc3cc4c(cc3o2)oc2ccc(N(c3ccc5c(c3)oc3ccccc35)c3ccc5c(c3)sc3ccccc35)cc24)cc1. The molecule has 0 bridgehead atoms. The zero-order valence-corrected chi connectivity index (χ0v) is 26.7. The Morgan fingerprint density at radius 3 is 1.94 bits per heavy atom. The maximum Gasteiger partial charge on any atom is 0.227 e. The zero-order valence-electron chi connectivity index (χ0n) is 25.9. The fourth-order valence-corrected chi connectivity index (χ4v) is 8.32. The molecule has 11 aromatic rings. The van der Waals surface area contributed by atoms with Gasteiger partial charge in [0.15, 0.2) is 5.58 Å². The third kappa shape index (κ3) is 4.08. The molecule has 11 rings (SSSR count). The predicted molar refractivity (Wildman–Crippen MR) is 202 cm³/mol. The molecule has 0 N–H and O–H groups in total. The summed E-state index contributed by atoms with van der Waals surface area (Å²) in [6.45, 7) is 0. The Hall–Kier alpha value is -6.37. The van der Waals surface area contributed by atoms with Crippen molar-refractivity contribution in [2.45, 2.75) is 0 Å². The highest BCUT2D eigenvalue weighted by Crippen LogP contribution is 2.44. The van der Waals surface area contributed by atoms with E-state index in [1.807, 2.05) is 59.9 Å². The molecule has 0 atom stereocenters. The summed E-state index contributed by atoms with van der Waals surface area (Å²) in [5.41, 5.74) is 8.81. The number of oxazole rings is 1. The summed E-state index contributed by atoms with van der Waals surface area (Å²) in [6, 6.07) is 50.4. The number of benzene rings is 7. The van der Waals surface area contributed by atoms with Crippen LogP contribution < -0.4 is 4.90 Å². The van der Waals surface area contributed by atoms with E-state index in [9.17, 15) is 0 Å². The van der Waals surface area contributed by atoms with Crippen molar-refractivity contribution in [3.8, 4) is 11.5 Å². The van der Waals surface area contributed by atoms with Gasteiger partial charge in [-0.25, -0.2) is 4.98 Å². The van der Waals surface area contributed by atoms with Gasteiger partial charge >= 0.3 is 0 Å². The predicted octanol–water partition coefficient (Wildman–Crippen LogP) is 13.1. The largest absolute Gasteiger partial charge is 0.456 e. The zero-order chi connectivity index (χ0) is 32.1.